The van der Waals surface area contributed by atoms with Gasteiger partial charge in [0.05, 0.1) is 17.7 Å². The molecule has 0 aliphatic heterocycles. The summed E-state index contributed by atoms with van der Waals surface area (Å²) in [6, 6.07) is 3.44. The van der Waals surface area contributed by atoms with Gasteiger partial charge < -0.3 is 14.8 Å². The van der Waals surface area contributed by atoms with Crippen LogP contribution in [-0.4, -0.2) is 28.8 Å². The highest BCUT2D eigenvalue weighted by Crippen LogP contribution is 2.31. The van der Waals surface area contributed by atoms with Crippen molar-refractivity contribution < 1.29 is 19.1 Å². The zero-order valence-corrected chi connectivity index (χ0v) is 13.0. The Morgan fingerprint density at radius 2 is 2.05 bits per heavy atom. The molecule has 1 aromatic heterocycles. The van der Waals surface area contributed by atoms with Crippen LogP contribution >= 0.6 is 11.8 Å². The molecular formula is C15H21NO4S. The van der Waals surface area contributed by atoms with Gasteiger partial charge in [-0.25, -0.2) is 0 Å². The molecule has 116 valence electrons. The molecular weight excluding hydrogens is 290 g/mol. The highest BCUT2D eigenvalue weighted by molar-refractivity contribution is 7.97. The minimum Gasteiger partial charge on any atom is -0.481 e. The van der Waals surface area contributed by atoms with Crippen molar-refractivity contribution in [3.63, 3.8) is 0 Å². The van der Waals surface area contributed by atoms with Gasteiger partial charge in [-0.05, 0) is 31.2 Å². The van der Waals surface area contributed by atoms with Crippen LogP contribution in [0.4, 0.5) is 0 Å². The van der Waals surface area contributed by atoms with E-state index in [4.69, 9.17) is 9.52 Å². The number of furan rings is 1. The Morgan fingerprint density at radius 3 is 2.67 bits per heavy atom. The average molecular weight is 311 g/mol. The molecule has 0 bridgehead atoms. The number of carbonyl (C=O) groups excluding carboxylic acids is 1. The van der Waals surface area contributed by atoms with E-state index in [0.717, 1.165) is 25.0 Å². The summed E-state index contributed by atoms with van der Waals surface area (Å²) >= 11 is 1.62. The van der Waals surface area contributed by atoms with Crippen molar-refractivity contribution >= 4 is 23.6 Å². The zero-order chi connectivity index (χ0) is 15.3. The van der Waals surface area contributed by atoms with Crippen molar-refractivity contribution in [1.82, 2.24) is 5.32 Å². The first-order valence-corrected chi connectivity index (χ1v) is 8.56. The van der Waals surface area contributed by atoms with Gasteiger partial charge in [-0.15, -0.1) is 0 Å². The Hall–Kier alpha value is -1.43. The van der Waals surface area contributed by atoms with Gasteiger partial charge in [0.1, 0.15) is 5.76 Å². The fraction of sp³-hybridized carbons (Fsp3) is 0.600. The summed E-state index contributed by atoms with van der Waals surface area (Å²) in [6.45, 7) is 0. The predicted octanol–water partition coefficient (Wildman–Crippen LogP) is 3.05. The maximum absolute atomic E-state index is 12.3. The fourth-order valence-corrected chi connectivity index (χ4v) is 3.33. The molecule has 2 rings (SSSR count). The molecule has 0 radical (unpaired) electrons. The molecule has 1 heterocycles. The van der Waals surface area contributed by atoms with E-state index < -0.39 is 11.5 Å². The van der Waals surface area contributed by atoms with Gasteiger partial charge in [0.25, 0.3) is 5.91 Å². The molecule has 1 aromatic rings. The van der Waals surface area contributed by atoms with Crippen LogP contribution in [0, 0.1) is 0 Å². The van der Waals surface area contributed by atoms with Crippen LogP contribution in [0.15, 0.2) is 16.5 Å². The normalized spacial score (nSPS) is 17.4. The summed E-state index contributed by atoms with van der Waals surface area (Å²) in [5.41, 5.74) is -0.631. The van der Waals surface area contributed by atoms with E-state index in [0.29, 0.717) is 18.6 Å². The smallest absolute Gasteiger partial charge is 0.305 e. The summed E-state index contributed by atoms with van der Waals surface area (Å²) in [4.78, 5) is 23.4. The molecule has 1 saturated carbocycles. The second kappa shape index (κ2) is 7.02. The number of thioether (sulfide) groups is 1. The van der Waals surface area contributed by atoms with Gasteiger partial charge in [-0.2, -0.15) is 11.8 Å². The van der Waals surface area contributed by atoms with Crippen molar-refractivity contribution in [3.8, 4) is 0 Å². The van der Waals surface area contributed by atoms with Gasteiger partial charge in [-0.1, -0.05) is 19.3 Å². The van der Waals surface area contributed by atoms with E-state index in [-0.39, 0.29) is 18.1 Å². The summed E-state index contributed by atoms with van der Waals surface area (Å²) in [5.74, 6) is 0.538. The molecule has 0 saturated heterocycles. The van der Waals surface area contributed by atoms with Crippen molar-refractivity contribution in [1.29, 1.82) is 0 Å². The number of nitrogens with one attached hydrogen (secondary N) is 1. The topological polar surface area (TPSA) is 79.5 Å². The van der Waals surface area contributed by atoms with Crippen LogP contribution in [0.3, 0.4) is 0 Å². The Bertz CT molecular complexity index is 506. The van der Waals surface area contributed by atoms with Gasteiger partial charge >= 0.3 is 5.97 Å². The lowest BCUT2D eigenvalue weighted by molar-refractivity contribution is -0.139. The van der Waals surface area contributed by atoms with Crippen LogP contribution in [-0.2, 0) is 10.5 Å². The summed E-state index contributed by atoms with van der Waals surface area (Å²) < 4.78 is 5.50. The van der Waals surface area contributed by atoms with Crippen LogP contribution in [0.1, 0.15) is 54.8 Å². The maximum atomic E-state index is 12.3. The Kier molecular flexibility index (Phi) is 5.33. The number of carboxylic acid groups (broad SMARTS) is 1. The van der Waals surface area contributed by atoms with E-state index in [9.17, 15) is 9.59 Å². The highest BCUT2D eigenvalue weighted by atomic mass is 32.2. The monoisotopic (exact) mass is 311 g/mol. The van der Waals surface area contributed by atoms with Crippen LogP contribution < -0.4 is 5.32 Å². The van der Waals surface area contributed by atoms with Crippen molar-refractivity contribution in [2.75, 3.05) is 6.26 Å². The average Bonchev–Trinajstić information content (AvgIpc) is 2.88. The molecule has 0 spiro atoms. The number of hydrogen-bond acceptors (Lipinski definition) is 4. The first kappa shape index (κ1) is 15.9. The molecule has 2 N–H and O–H groups in total. The number of rotatable bonds is 6. The molecule has 6 heteroatoms. The molecule has 1 fully saturated rings. The predicted molar refractivity (Wildman–Crippen MR) is 81.5 cm³/mol. The zero-order valence-electron chi connectivity index (χ0n) is 12.2. The van der Waals surface area contributed by atoms with Crippen molar-refractivity contribution in [2.45, 2.75) is 49.8 Å². The quantitative estimate of drug-likeness (QED) is 0.844. The third kappa shape index (κ3) is 4.27. The van der Waals surface area contributed by atoms with E-state index in [1.807, 2.05) is 6.26 Å². The number of hydrogen-bond donors (Lipinski definition) is 2. The van der Waals surface area contributed by atoms with Gasteiger partial charge in [0.2, 0.25) is 0 Å². The van der Waals surface area contributed by atoms with Crippen molar-refractivity contribution in [3.05, 3.63) is 23.7 Å². The van der Waals surface area contributed by atoms with Gasteiger partial charge in [0.15, 0.2) is 5.76 Å². The molecule has 0 atom stereocenters. The lowest BCUT2D eigenvalue weighted by Gasteiger charge is -2.36. The van der Waals surface area contributed by atoms with Gasteiger partial charge in [-0.3, -0.25) is 9.59 Å². The third-order valence-corrected chi connectivity index (χ3v) is 4.42. The molecule has 0 unspecified atom stereocenters. The first-order valence-electron chi connectivity index (χ1n) is 7.17. The van der Waals surface area contributed by atoms with Crippen LogP contribution in [0.2, 0.25) is 0 Å². The molecule has 5 nitrogen and oxygen atoms in total. The van der Waals surface area contributed by atoms with Gasteiger partial charge in [0, 0.05) is 0 Å². The molecule has 1 aliphatic carbocycles. The largest absolute Gasteiger partial charge is 0.481 e. The second-order valence-electron chi connectivity index (χ2n) is 5.56. The molecule has 21 heavy (non-hydrogen) atoms. The number of aliphatic carboxylic acids is 1. The summed E-state index contributed by atoms with van der Waals surface area (Å²) in [6.07, 6.45) is 6.35. The Labute approximate surface area is 128 Å². The summed E-state index contributed by atoms with van der Waals surface area (Å²) in [7, 11) is 0. The standard InChI is InChI=1S/C15H21NO4S/c1-21-10-11-5-6-12(20-11)14(19)16-15(9-13(17)18)7-3-2-4-8-15/h5-6H,2-4,7-10H2,1H3,(H,16,19)(H,17,18). The van der Waals surface area contributed by atoms with Crippen LogP contribution in [0.5, 0.6) is 0 Å². The third-order valence-electron chi connectivity index (χ3n) is 3.85. The number of amides is 1. The molecule has 1 aliphatic rings. The van der Waals surface area contributed by atoms with Crippen molar-refractivity contribution in [2.24, 2.45) is 0 Å². The number of carbonyl (C=O) groups is 2. The lowest BCUT2D eigenvalue weighted by Crippen LogP contribution is -2.51. The van der Waals surface area contributed by atoms with E-state index in [1.54, 1.807) is 23.9 Å². The van der Waals surface area contributed by atoms with E-state index >= 15 is 0 Å². The first-order chi connectivity index (χ1) is 10.0. The lowest BCUT2D eigenvalue weighted by atomic mass is 9.79. The number of carboxylic acids is 1. The van der Waals surface area contributed by atoms with E-state index in [1.165, 1.54) is 0 Å². The van der Waals surface area contributed by atoms with Crippen LogP contribution in [0.25, 0.3) is 0 Å². The maximum Gasteiger partial charge on any atom is 0.305 e. The molecule has 0 aromatic carbocycles. The van der Waals surface area contributed by atoms with E-state index in [2.05, 4.69) is 5.32 Å². The minimum absolute atomic E-state index is 0.0306. The fourth-order valence-electron chi connectivity index (χ4n) is 2.89. The Morgan fingerprint density at radius 1 is 1.33 bits per heavy atom. The second-order valence-corrected chi connectivity index (χ2v) is 6.43. The molecule has 1 amide bonds. The summed E-state index contributed by atoms with van der Waals surface area (Å²) in [5, 5.41) is 12.0. The highest BCUT2D eigenvalue weighted by Gasteiger charge is 2.36. The SMILES string of the molecule is CSCc1ccc(C(=O)NC2(CC(=O)O)CCCCC2)o1. The minimum atomic E-state index is -0.875. The Balaban J connectivity index is 2.07.